The average Bonchev–Trinajstić information content (AvgIpc) is 2.78. The first-order chi connectivity index (χ1) is 9.97. The number of rotatable bonds is 6. The summed E-state index contributed by atoms with van der Waals surface area (Å²) in [5.41, 5.74) is 2.07. The van der Waals surface area contributed by atoms with Crippen LogP contribution in [0.5, 0.6) is 0 Å². The van der Waals surface area contributed by atoms with Crippen LogP contribution in [0.3, 0.4) is 0 Å². The lowest BCUT2D eigenvalue weighted by Crippen LogP contribution is -2.16. The first kappa shape index (κ1) is 16.3. The van der Waals surface area contributed by atoms with Gasteiger partial charge in [0.2, 0.25) is 0 Å². The molecule has 1 aromatic carbocycles. The molecule has 21 heavy (non-hydrogen) atoms. The monoisotopic (exact) mass is 343 g/mol. The number of carbonyl (C=O) groups is 1. The van der Waals surface area contributed by atoms with Crippen LogP contribution in [0, 0.1) is 6.92 Å². The van der Waals surface area contributed by atoms with E-state index in [-0.39, 0.29) is 0 Å². The fourth-order valence-electron chi connectivity index (χ4n) is 1.97. The van der Waals surface area contributed by atoms with Crippen LogP contribution in [0.4, 0.5) is 0 Å². The molecule has 0 saturated carbocycles. The fraction of sp³-hybridized carbons (Fsp3) is 0.267. The van der Waals surface area contributed by atoms with E-state index in [2.05, 4.69) is 5.32 Å². The zero-order chi connectivity index (χ0) is 15.4. The Kier molecular flexibility index (Phi) is 5.65. The van der Waals surface area contributed by atoms with Crippen molar-refractivity contribution in [3.8, 4) is 0 Å². The molecule has 0 unspecified atom stereocenters. The first-order valence-corrected chi connectivity index (χ1v) is 8.02. The summed E-state index contributed by atoms with van der Waals surface area (Å²) in [6.45, 7) is 3.35. The molecule has 0 atom stereocenters. The van der Waals surface area contributed by atoms with Gasteiger partial charge in [0.1, 0.15) is 4.88 Å². The summed E-state index contributed by atoms with van der Waals surface area (Å²) in [5.74, 6) is -0.873. The van der Waals surface area contributed by atoms with Gasteiger partial charge in [0.25, 0.3) is 0 Å². The Bertz CT molecular complexity index is 655. The Labute approximate surface area is 137 Å². The molecule has 112 valence electrons. The van der Waals surface area contributed by atoms with Gasteiger partial charge in [0.15, 0.2) is 0 Å². The predicted molar refractivity (Wildman–Crippen MR) is 87.9 cm³/mol. The highest BCUT2D eigenvalue weighted by atomic mass is 35.5. The normalized spacial score (nSPS) is 10.8. The summed E-state index contributed by atoms with van der Waals surface area (Å²) < 4.78 is 0. The van der Waals surface area contributed by atoms with E-state index in [1.165, 1.54) is 11.3 Å². The van der Waals surface area contributed by atoms with Gasteiger partial charge in [-0.1, -0.05) is 29.3 Å². The molecule has 1 heterocycles. The van der Waals surface area contributed by atoms with Gasteiger partial charge in [-0.15, -0.1) is 11.3 Å². The van der Waals surface area contributed by atoms with Crippen LogP contribution in [0.25, 0.3) is 0 Å². The van der Waals surface area contributed by atoms with Crippen molar-refractivity contribution in [1.29, 1.82) is 0 Å². The quantitative estimate of drug-likeness (QED) is 0.764. The molecule has 0 bridgehead atoms. The third kappa shape index (κ3) is 4.45. The van der Waals surface area contributed by atoms with Crippen molar-refractivity contribution in [2.75, 3.05) is 6.54 Å². The van der Waals surface area contributed by atoms with E-state index in [4.69, 9.17) is 28.3 Å². The minimum atomic E-state index is -0.873. The maximum Gasteiger partial charge on any atom is 0.345 e. The zero-order valence-corrected chi connectivity index (χ0v) is 13.8. The van der Waals surface area contributed by atoms with Crippen LogP contribution in [0.15, 0.2) is 24.3 Å². The Hall–Kier alpha value is -1.07. The second-order valence-corrected chi connectivity index (χ2v) is 6.76. The summed E-state index contributed by atoms with van der Waals surface area (Å²) >= 11 is 13.3. The molecule has 0 aliphatic heterocycles. The maximum absolute atomic E-state index is 10.9. The molecule has 1 aromatic heterocycles. The number of aryl methyl sites for hydroxylation is 1. The Morgan fingerprint density at radius 2 is 2.05 bits per heavy atom. The Morgan fingerprint density at radius 1 is 1.29 bits per heavy atom. The lowest BCUT2D eigenvalue weighted by atomic mass is 10.1. The van der Waals surface area contributed by atoms with Crippen molar-refractivity contribution in [3.63, 3.8) is 0 Å². The number of thiophene rings is 1. The van der Waals surface area contributed by atoms with Crippen molar-refractivity contribution >= 4 is 40.5 Å². The number of carboxylic acid groups (broad SMARTS) is 1. The lowest BCUT2D eigenvalue weighted by Gasteiger charge is -2.06. The highest BCUT2D eigenvalue weighted by molar-refractivity contribution is 7.14. The molecule has 0 fully saturated rings. The molecular formula is C15H15Cl2NO2S. The van der Waals surface area contributed by atoms with Crippen molar-refractivity contribution in [2.45, 2.75) is 19.9 Å². The van der Waals surface area contributed by atoms with E-state index in [0.29, 0.717) is 21.5 Å². The third-order valence-corrected chi connectivity index (χ3v) is 4.80. The van der Waals surface area contributed by atoms with Gasteiger partial charge in [-0.2, -0.15) is 0 Å². The number of hydrogen-bond acceptors (Lipinski definition) is 3. The number of benzene rings is 1. The summed E-state index contributed by atoms with van der Waals surface area (Å²) in [5, 5.41) is 13.6. The Morgan fingerprint density at radius 3 is 2.67 bits per heavy atom. The second-order valence-electron chi connectivity index (χ2n) is 4.66. The number of aromatic carboxylic acids is 1. The van der Waals surface area contributed by atoms with Crippen LogP contribution in [0.2, 0.25) is 10.0 Å². The molecule has 0 saturated heterocycles. The fourth-order valence-corrected chi connectivity index (χ4v) is 3.35. The van der Waals surface area contributed by atoms with Crippen LogP contribution >= 0.6 is 34.5 Å². The van der Waals surface area contributed by atoms with Gasteiger partial charge in [0, 0.05) is 21.5 Å². The SMILES string of the molecule is Cc1sc(C(=O)O)cc1CNCCc1ccc(Cl)cc1Cl. The van der Waals surface area contributed by atoms with Crippen LogP contribution in [-0.2, 0) is 13.0 Å². The molecular weight excluding hydrogens is 329 g/mol. The minimum Gasteiger partial charge on any atom is -0.477 e. The highest BCUT2D eigenvalue weighted by Crippen LogP contribution is 2.22. The molecule has 2 aromatic rings. The van der Waals surface area contributed by atoms with E-state index in [1.807, 2.05) is 19.1 Å². The smallest absolute Gasteiger partial charge is 0.345 e. The highest BCUT2D eigenvalue weighted by Gasteiger charge is 2.10. The van der Waals surface area contributed by atoms with Crippen LogP contribution in [-0.4, -0.2) is 17.6 Å². The Balaban J connectivity index is 1.86. The molecule has 0 spiro atoms. The number of halogens is 2. The number of hydrogen-bond donors (Lipinski definition) is 2. The maximum atomic E-state index is 10.9. The topological polar surface area (TPSA) is 49.3 Å². The van der Waals surface area contributed by atoms with Gasteiger partial charge in [-0.05, 0) is 49.2 Å². The molecule has 0 amide bonds. The molecule has 3 nitrogen and oxygen atoms in total. The van der Waals surface area contributed by atoms with Gasteiger partial charge < -0.3 is 10.4 Å². The summed E-state index contributed by atoms with van der Waals surface area (Å²) in [6.07, 6.45) is 0.797. The van der Waals surface area contributed by atoms with Gasteiger partial charge in [0.05, 0.1) is 0 Å². The van der Waals surface area contributed by atoms with E-state index in [1.54, 1.807) is 12.1 Å². The lowest BCUT2D eigenvalue weighted by molar-refractivity contribution is 0.0702. The van der Waals surface area contributed by atoms with E-state index >= 15 is 0 Å². The molecule has 0 radical (unpaired) electrons. The standard InChI is InChI=1S/C15H15Cl2NO2S/c1-9-11(6-14(21-9)15(19)20)8-18-5-4-10-2-3-12(16)7-13(10)17/h2-3,6-7,18H,4-5,8H2,1H3,(H,19,20). The van der Waals surface area contributed by atoms with Crippen LogP contribution in [0.1, 0.15) is 25.7 Å². The molecule has 6 heteroatoms. The molecule has 2 N–H and O–H groups in total. The van der Waals surface area contributed by atoms with Gasteiger partial charge in [-0.25, -0.2) is 4.79 Å². The van der Waals surface area contributed by atoms with Crippen molar-refractivity contribution in [2.24, 2.45) is 0 Å². The molecule has 0 aliphatic carbocycles. The number of nitrogens with one attached hydrogen (secondary N) is 1. The molecule has 2 rings (SSSR count). The van der Waals surface area contributed by atoms with Crippen molar-refractivity contribution in [3.05, 3.63) is 55.2 Å². The number of carboxylic acids is 1. The predicted octanol–water partition coefficient (Wildman–Crippen LogP) is 4.39. The van der Waals surface area contributed by atoms with E-state index in [9.17, 15) is 4.79 Å². The largest absolute Gasteiger partial charge is 0.477 e. The van der Waals surface area contributed by atoms with E-state index in [0.717, 1.165) is 29.0 Å². The van der Waals surface area contributed by atoms with E-state index < -0.39 is 5.97 Å². The third-order valence-electron chi connectivity index (χ3n) is 3.13. The first-order valence-electron chi connectivity index (χ1n) is 6.44. The average molecular weight is 344 g/mol. The summed E-state index contributed by atoms with van der Waals surface area (Å²) in [4.78, 5) is 12.3. The zero-order valence-electron chi connectivity index (χ0n) is 11.5. The van der Waals surface area contributed by atoms with Gasteiger partial charge in [-0.3, -0.25) is 0 Å². The van der Waals surface area contributed by atoms with Crippen molar-refractivity contribution in [1.82, 2.24) is 5.32 Å². The van der Waals surface area contributed by atoms with Crippen molar-refractivity contribution < 1.29 is 9.90 Å². The second kappa shape index (κ2) is 7.27. The minimum absolute atomic E-state index is 0.380. The molecule has 0 aliphatic rings. The van der Waals surface area contributed by atoms with Gasteiger partial charge >= 0.3 is 5.97 Å². The van der Waals surface area contributed by atoms with Crippen LogP contribution < -0.4 is 5.32 Å². The summed E-state index contributed by atoms with van der Waals surface area (Å²) in [6, 6.07) is 7.21. The summed E-state index contributed by atoms with van der Waals surface area (Å²) in [7, 11) is 0.